The normalized spacial score (nSPS) is 13.6. The Kier molecular flexibility index (Phi) is 5.42. The van der Waals surface area contributed by atoms with Crippen molar-refractivity contribution in [2.24, 2.45) is 0 Å². The number of carboxylic acid groups (broad SMARTS) is 1. The van der Waals surface area contributed by atoms with Crippen molar-refractivity contribution in [1.82, 2.24) is 0 Å². The van der Waals surface area contributed by atoms with Crippen LogP contribution in [0.2, 0.25) is 0 Å². The van der Waals surface area contributed by atoms with E-state index in [2.05, 4.69) is 6.58 Å². The van der Waals surface area contributed by atoms with Crippen molar-refractivity contribution in [3.63, 3.8) is 0 Å². The van der Waals surface area contributed by atoms with Gasteiger partial charge in [-0.25, -0.2) is 0 Å². The summed E-state index contributed by atoms with van der Waals surface area (Å²) in [6.07, 6.45) is 1.43. The molecular formula is C10H20NO3+. The second kappa shape index (κ2) is 5.78. The van der Waals surface area contributed by atoms with E-state index in [4.69, 9.17) is 9.84 Å². The molecule has 14 heavy (non-hydrogen) atoms. The number of hydrogen-bond acceptors (Lipinski definition) is 2. The van der Waals surface area contributed by atoms with E-state index in [-0.39, 0.29) is 12.5 Å². The maximum absolute atomic E-state index is 10.5. The number of rotatable bonds is 7. The van der Waals surface area contributed by atoms with Crippen LogP contribution >= 0.6 is 0 Å². The molecule has 82 valence electrons. The van der Waals surface area contributed by atoms with Crippen molar-refractivity contribution < 1.29 is 19.1 Å². The van der Waals surface area contributed by atoms with Crippen LogP contribution in [0.4, 0.5) is 0 Å². The van der Waals surface area contributed by atoms with Crippen molar-refractivity contribution in [3.8, 4) is 0 Å². The predicted molar refractivity (Wildman–Crippen MR) is 55.1 cm³/mol. The van der Waals surface area contributed by atoms with Crippen molar-refractivity contribution in [2.75, 3.05) is 34.3 Å². The Labute approximate surface area is 85.4 Å². The third-order valence-electron chi connectivity index (χ3n) is 1.60. The summed E-state index contributed by atoms with van der Waals surface area (Å²) < 4.78 is 6.05. The number of carboxylic acids is 1. The molecule has 0 rings (SSSR count). The summed E-state index contributed by atoms with van der Waals surface area (Å²) >= 11 is 0. The molecule has 0 aliphatic heterocycles. The van der Waals surface area contributed by atoms with Gasteiger partial charge in [-0.15, -0.1) is 6.58 Å². The molecule has 0 fully saturated rings. The van der Waals surface area contributed by atoms with Crippen LogP contribution in [-0.2, 0) is 9.53 Å². The Bertz CT molecular complexity index is 196. The van der Waals surface area contributed by atoms with Gasteiger partial charge in [0.15, 0.2) is 0 Å². The Morgan fingerprint density at radius 3 is 2.50 bits per heavy atom. The first kappa shape index (κ1) is 13.1. The lowest BCUT2D eigenvalue weighted by atomic mass is 10.2. The minimum atomic E-state index is -0.826. The predicted octanol–water partition coefficient (Wildman–Crippen LogP) is 0.738. The highest BCUT2D eigenvalue weighted by Crippen LogP contribution is 2.04. The standard InChI is InChI=1S/C10H19NO3/c1-5-6-14-9(7-10(12)13)8-11(2,3)4/h5,9H,1,6-8H2,2-4H3/p+1. The molecule has 1 atom stereocenters. The summed E-state index contributed by atoms with van der Waals surface area (Å²) in [6.45, 7) is 4.61. The zero-order chi connectivity index (χ0) is 11.2. The molecular weight excluding hydrogens is 182 g/mol. The summed E-state index contributed by atoms with van der Waals surface area (Å²) in [4.78, 5) is 10.5. The molecule has 0 bridgehead atoms. The molecule has 0 heterocycles. The summed E-state index contributed by atoms with van der Waals surface area (Å²) in [7, 11) is 6.02. The van der Waals surface area contributed by atoms with Crippen LogP contribution < -0.4 is 0 Å². The molecule has 0 aromatic carbocycles. The minimum Gasteiger partial charge on any atom is -0.481 e. The highest BCUT2D eigenvalue weighted by molar-refractivity contribution is 5.67. The van der Waals surface area contributed by atoms with Gasteiger partial charge in [0.05, 0.1) is 34.2 Å². The van der Waals surface area contributed by atoms with E-state index in [0.717, 1.165) is 0 Å². The van der Waals surface area contributed by atoms with Crippen LogP contribution in [0.25, 0.3) is 0 Å². The van der Waals surface area contributed by atoms with Gasteiger partial charge in [0.25, 0.3) is 0 Å². The number of nitrogens with zero attached hydrogens (tertiary/aromatic N) is 1. The van der Waals surface area contributed by atoms with Crippen LogP contribution in [0.3, 0.4) is 0 Å². The van der Waals surface area contributed by atoms with Crippen molar-refractivity contribution in [2.45, 2.75) is 12.5 Å². The molecule has 0 aromatic rings. The smallest absolute Gasteiger partial charge is 0.306 e. The molecule has 0 saturated heterocycles. The number of quaternary nitrogens is 1. The van der Waals surface area contributed by atoms with E-state index in [1.807, 2.05) is 21.1 Å². The first-order valence-corrected chi connectivity index (χ1v) is 4.60. The lowest BCUT2D eigenvalue weighted by Gasteiger charge is -2.28. The van der Waals surface area contributed by atoms with Crippen LogP contribution in [-0.4, -0.2) is 56.0 Å². The minimum absolute atomic E-state index is 0.0450. The van der Waals surface area contributed by atoms with E-state index >= 15 is 0 Å². The zero-order valence-electron chi connectivity index (χ0n) is 9.19. The fourth-order valence-corrected chi connectivity index (χ4v) is 1.19. The molecule has 0 radical (unpaired) electrons. The molecule has 0 spiro atoms. The zero-order valence-corrected chi connectivity index (χ0v) is 9.19. The van der Waals surface area contributed by atoms with Crippen LogP contribution in [0, 0.1) is 0 Å². The molecule has 1 N–H and O–H groups in total. The molecule has 1 unspecified atom stereocenters. The molecule has 0 aromatic heterocycles. The molecule has 0 aliphatic rings. The Morgan fingerprint density at radius 2 is 2.14 bits per heavy atom. The highest BCUT2D eigenvalue weighted by atomic mass is 16.5. The SMILES string of the molecule is C=CCOC(CC(=O)O)C[N+](C)(C)C. The maximum Gasteiger partial charge on any atom is 0.306 e. The maximum atomic E-state index is 10.5. The molecule has 0 amide bonds. The topological polar surface area (TPSA) is 46.5 Å². The Hall–Kier alpha value is -0.870. The summed E-state index contributed by atoms with van der Waals surface area (Å²) in [6, 6.07) is 0. The molecule has 4 nitrogen and oxygen atoms in total. The van der Waals surface area contributed by atoms with E-state index in [1.54, 1.807) is 6.08 Å². The first-order chi connectivity index (χ1) is 6.35. The second-order valence-corrected chi connectivity index (χ2v) is 4.31. The van der Waals surface area contributed by atoms with Crippen LogP contribution in [0.15, 0.2) is 12.7 Å². The van der Waals surface area contributed by atoms with Gasteiger partial charge in [-0.05, 0) is 0 Å². The van der Waals surface area contributed by atoms with Gasteiger partial charge >= 0.3 is 5.97 Å². The van der Waals surface area contributed by atoms with E-state index < -0.39 is 5.97 Å². The summed E-state index contributed by atoms with van der Waals surface area (Å²) in [5.74, 6) is -0.826. The van der Waals surface area contributed by atoms with Crippen molar-refractivity contribution in [3.05, 3.63) is 12.7 Å². The Morgan fingerprint density at radius 1 is 1.57 bits per heavy atom. The fourth-order valence-electron chi connectivity index (χ4n) is 1.19. The lowest BCUT2D eigenvalue weighted by Crippen LogP contribution is -2.43. The Balaban J connectivity index is 4.09. The average molecular weight is 202 g/mol. The van der Waals surface area contributed by atoms with Crippen molar-refractivity contribution >= 4 is 5.97 Å². The monoisotopic (exact) mass is 202 g/mol. The summed E-state index contributed by atoms with van der Waals surface area (Å²) in [5, 5.41) is 8.67. The summed E-state index contributed by atoms with van der Waals surface area (Å²) in [5.41, 5.74) is 0. The molecule has 0 aliphatic carbocycles. The number of hydrogen-bond donors (Lipinski definition) is 1. The molecule has 0 saturated carbocycles. The van der Waals surface area contributed by atoms with Crippen LogP contribution in [0.5, 0.6) is 0 Å². The fraction of sp³-hybridized carbons (Fsp3) is 0.700. The lowest BCUT2D eigenvalue weighted by molar-refractivity contribution is -0.873. The van der Waals surface area contributed by atoms with E-state index in [0.29, 0.717) is 17.6 Å². The third kappa shape index (κ3) is 7.76. The van der Waals surface area contributed by atoms with E-state index in [9.17, 15) is 4.79 Å². The third-order valence-corrected chi connectivity index (χ3v) is 1.60. The average Bonchev–Trinajstić information content (AvgIpc) is 1.96. The van der Waals surface area contributed by atoms with Gasteiger partial charge in [0.2, 0.25) is 0 Å². The van der Waals surface area contributed by atoms with Crippen molar-refractivity contribution in [1.29, 1.82) is 0 Å². The number of ether oxygens (including phenoxy) is 1. The van der Waals surface area contributed by atoms with Crippen LogP contribution in [0.1, 0.15) is 6.42 Å². The van der Waals surface area contributed by atoms with E-state index in [1.165, 1.54) is 0 Å². The van der Waals surface area contributed by atoms with Gasteiger partial charge in [-0.2, -0.15) is 0 Å². The number of aliphatic carboxylic acids is 1. The van der Waals surface area contributed by atoms with Gasteiger partial charge in [0.1, 0.15) is 12.6 Å². The highest BCUT2D eigenvalue weighted by Gasteiger charge is 2.20. The number of carbonyl (C=O) groups is 1. The van der Waals surface area contributed by atoms with Gasteiger partial charge in [0, 0.05) is 0 Å². The quantitative estimate of drug-likeness (QED) is 0.489. The first-order valence-electron chi connectivity index (χ1n) is 4.60. The largest absolute Gasteiger partial charge is 0.481 e. The number of likely N-dealkylation sites (N-methyl/N-ethyl adjacent to an activating group) is 1. The van der Waals surface area contributed by atoms with Gasteiger partial charge < -0.3 is 14.3 Å². The molecule has 4 heteroatoms. The van der Waals surface area contributed by atoms with Gasteiger partial charge in [-0.3, -0.25) is 4.79 Å². The van der Waals surface area contributed by atoms with Gasteiger partial charge in [-0.1, -0.05) is 6.08 Å². The second-order valence-electron chi connectivity index (χ2n) is 4.31.